The van der Waals surface area contributed by atoms with Gasteiger partial charge in [0.05, 0.1) is 37.6 Å². The van der Waals surface area contributed by atoms with Gasteiger partial charge in [0.2, 0.25) is 0 Å². The van der Waals surface area contributed by atoms with Gasteiger partial charge in [-0.25, -0.2) is 13.9 Å². The number of anilines is 1. The lowest BCUT2D eigenvalue weighted by Crippen LogP contribution is -2.52. The van der Waals surface area contributed by atoms with Crippen molar-refractivity contribution in [1.82, 2.24) is 9.55 Å². The molecule has 0 amide bonds. The van der Waals surface area contributed by atoms with Crippen molar-refractivity contribution in [3.8, 4) is 0 Å². The van der Waals surface area contributed by atoms with Crippen LogP contribution in [-0.2, 0) is 46.3 Å². The maximum Gasteiger partial charge on any atom is 0.481 e. The topological polar surface area (TPSA) is 326 Å². The summed E-state index contributed by atoms with van der Waals surface area (Å²) in [6.45, 7) is 1.40. The number of aliphatic hydroxyl groups excluding tert-OH is 5. The Labute approximate surface area is 453 Å². The second kappa shape index (κ2) is 37.6. The number of carbonyl (C=O) groups is 2. The van der Waals surface area contributed by atoms with Crippen LogP contribution in [0.25, 0.3) is 0 Å². The molecule has 0 aliphatic carbocycles. The maximum atomic E-state index is 13.4. The van der Waals surface area contributed by atoms with Crippen molar-refractivity contribution in [3.63, 3.8) is 0 Å². The molecule has 0 saturated carbocycles. The van der Waals surface area contributed by atoms with Crippen molar-refractivity contribution in [1.29, 1.82) is 0 Å². The predicted molar refractivity (Wildman–Crippen MR) is 290 cm³/mol. The molecule has 77 heavy (non-hydrogen) atoms. The zero-order valence-corrected chi connectivity index (χ0v) is 46.3. The first-order chi connectivity index (χ1) is 36.9. The first kappa shape index (κ1) is 67.1. The number of aliphatic hydroxyl groups is 5. The van der Waals surface area contributed by atoms with E-state index >= 15 is 0 Å². The number of aromatic nitrogens is 2. The van der Waals surface area contributed by atoms with E-state index in [0.717, 1.165) is 43.1 Å². The number of unbranched alkanes of at least 4 members (excludes halogenated alkanes) is 5. The Bertz CT molecular complexity index is 2250. The van der Waals surface area contributed by atoms with Crippen LogP contribution in [-0.4, -0.2) is 119 Å². The quantitative estimate of drug-likeness (QED) is 0.0212. The number of rotatable bonds is 24. The molecule has 1 aromatic rings. The first-order valence-corrected chi connectivity index (χ1v) is 29.8. The van der Waals surface area contributed by atoms with E-state index in [1.807, 2.05) is 31.2 Å². The molecule has 1 aromatic heterocycles. The van der Waals surface area contributed by atoms with Gasteiger partial charge < -0.3 is 55.3 Å². The molecule has 2 unspecified atom stereocenters. The molecular weight excluding hydrogens is 1040 g/mol. The fraction of sp³-hybridized carbons (Fsp3) is 0.630. The van der Waals surface area contributed by atoms with E-state index in [-0.39, 0.29) is 37.9 Å². The Morgan fingerprint density at radius 3 is 2.08 bits per heavy atom. The van der Waals surface area contributed by atoms with Crippen LogP contribution in [0.5, 0.6) is 0 Å². The summed E-state index contributed by atoms with van der Waals surface area (Å²) in [5, 5.41) is 57.4. The second-order valence-electron chi connectivity index (χ2n) is 19.0. The second-order valence-corrected chi connectivity index (χ2v) is 22.0. The molecule has 1 saturated heterocycles. The lowest BCUT2D eigenvalue weighted by molar-refractivity contribution is -0.194. The molecule has 3 heterocycles. The molecule has 21 nitrogen and oxygen atoms in total. The van der Waals surface area contributed by atoms with Crippen molar-refractivity contribution in [3.05, 3.63) is 108 Å². The van der Waals surface area contributed by atoms with Crippen LogP contribution in [0.4, 0.5) is 5.82 Å². The molecule has 2 aliphatic rings. The third kappa shape index (κ3) is 28.0. The van der Waals surface area contributed by atoms with Gasteiger partial charge in [-0.3, -0.25) is 23.2 Å². The highest BCUT2D eigenvalue weighted by atomic mass is 31.3. The number of allylic oxidation sites excluding steroid dienone is 12. The Morgan fingerprint density at radius 2 is 1.44 bits per heavy atom. The van der Waals surface area contributed by atoms with Gasteiger partial charge in [-0.2, -0.15) is 9.29 Å². The Hall–Kier alpha value is -4.18. The Morgan fingerprint density at radius 1 is 0.831 bits per heavy atom. The van der Waals surface area contributed by atoms with Gasteiger partial charge in [-0.05, 0) is 76.7 Å². The summed E-state index contributed by atoms with van der Waals surface area (Å²) >= 11 is 0. The SMILES string of the molecule is CCCCC/C=C\C/C=C\C/C=C\C/C=C\C/C=C\CCC(=O)OC[C@@H]1COP(=O)(O)OP(=O)(O)OC[C@H]2O[C@@H](n3ccc(N)nc3=O)[C@@H](CC=CCCCC(=O)O1)[C@@H](O)C[C@@H](O)[C@H](/C=C\[C@@H](O)CCCCC)[C@H](O)[C@@H]2O. The van der Waals surface area contributed by atoms with Gasteiger partial charge in [-0.1, -0.05) is 131 Å². The number of phosphoric ester groups is 2. The molecule has 0 spiro atoms. The van der Waals surface area contributed by atoms with Crippen molar-refractivity contribution in [2.75, 3.05) is 25.6 Å². The minimum absolute atomic E-state index is 0.0471. The van der Waals surface area contributed by atoms with Gasteiger partial charge in [0.25, 0.3) is 0 Å². The minimum Gasteiger partial charge on any atom is -0.462 e. The van der Waals surface area contributed by atoms with Crippen molar-refractivity contribution in [2.45, 2.75) is 185 Å². The average molecular weight is 1130 g/mol. The van der Waals surface area contributed by atoms with E-state index in [0.29, 0.717) is 25.7 Å². The predicted octanol–water partition coefficient (Wildman–Crippen LogP) is 7.82. The number of hydrogen-bond acceptors (Lipinski definition) is 18. The van der Waals surface area contributed by atoms with E-state index in [9.17, 15) is 58.8 Å². The molecular formula is C54H85N3O18P2. The van der Waals surface area contributed by atoms with Crippen LogP contribution in [0.3, 0.4) is 0 Å². The summed E-state index contributed by atoms with van der Waals surface area (Å²) < 4.78 is 58.9. The Balaban J connectivity index is 1.74. The van der Waals surface area contributed by atoms with Crippen LogP contribution in [0, 0.1) is 11.8 Å². The molecule has 2 bridgehead atoms. The zero-order chi connectivity index (χ0) is 56.5. The van der Waals surface area contributed by atoms with Crippen LogP contribution >= 0.6 is 15.6 Å². The van der Waals surface area contributed by atoms with Crippen LogP contribution in [0.15, 0.2) is 102 Å². The monoisotopic (exact) mass is 1130 g/mol. The summed E-state index contributed by atoms with van der Waals surface area (Å²) in [6, 6.07) is 1.24. The number of nitrogens with zero attached hydrogens (tertiary/aromatic N) is 2. The zero-order valence-electron chi connectivity index (χ0n) is 44.6. The largest absolute Gasteiger partial charge is 0.481 e. The number of nitrogens with two attached hydrogens (primary N) is 1. The molecule has 1 fully saturated rings. The number of phosphoric acid groups is 2. The number of carbonyl (C=O) groups excluding carboxylic acids is 2. The lowest BCUT2D eigenvalue weighted by atomic mass is 9.82. The highest BCUT2D eigenvalue weighted by Crippen LogP contribution is 2.60. The molecule has 12 atom stereocenters. The number of ether oxygens (including phenoxy) is 3. The van der Waals surface area contributed by atoms with Gasteiger partial charge in [-0.15, -0.1) is 0 Å². The van der Waals surface area contributed by atoms with E-state index in [1.165, 1.54) is 43.7 Å². The van der Waals surface area contributed by atoms with Gasteiger partial charge >= 0.3 is 33.3 Å². The van der Waals surface area contributed by atoms with E-state index in [2.05, 4.69) is 52.7 Å². The van der Waals surface area contributed by atoms with Gasteiger partial charge in [0, 0.05) is 37.3 Å². The van der Waals surface area contributed by atoms with Crippen molar-refractivity contribution >= 4 is 33.4 Å². The maximum absolute atomic E-state index is 13.4. The van der Waals surface area contributed by atoms with Crippen LogP contribution in [0.1, 0.15) is 142 Å². The van der Waals surface area contributed by atoms with Crippen LogP contribution in [0.2, 0.25) is 0 Å². The standard InChI is InChI=1S/C54H85N3O18P2/c1-3-5-7-8-9-10-11-12-13-14-15-16-17-18-19-20-21-22-27-31-49(61)70-38-42-39-71-76(66,67)75-77(68,69)72-40-47-52(64)51(63)43(34-33-41(58)29-25-6-4-2)45(59)37-46(60)44(30-26-23-24-28-32-50(62)73-42)53(74-47)57-36-35-48(55)56-54(57)65/h9-10,12-13,15-16,18-19,21-23,26,33-36,41-47,51-53,58-60,63-64H,3-8,11,14,17,20,24-25,27-32,37-40H2,1-2H3,(H,66,67)(H,68,69)(H2,55,56,65)/b10-9-,13-12-,16-15-,19-18-,22-21-,26-23?,34-33-/t41-,42+,43-,44-,45+,46-,47+,51-,52+,53+/m0/s1. The highest BCUT2D eigenvalue weighted by Gasteiger charge is 2.45. The van der Waals surface area contributed by atoms with Crippen LogP contribution < -0.4 is 11.4 Å². The summed E-state index contributed by atoms with van der Waals surface area (Å²) in [4.78, 5) is 64.1. The summed E-state index contributed by atoms with van der Waals surface area (Å²) in [5.74, 6) is -4.26. The Kier molecular flexibility index (Phi) is 32.8. The molecule has 0 aromatic carbocycles. The lowest BCUT2D eigenvalue weighted by Gasteiger charge is -2.40. The third-order valence-corrected chi connectivity index (χ3v) is 15.1. The first-order valence-electron chi connectivity index (χ1n) is 26.9. The fourth-order valence-corrected chi connectivity index (χ4v) is 10.3. The van der Waals surface area contributed by atoms with Gasteiger partial charge in [0.1, 0.15) is 30.9 Å². The molecule has 9 N–H and O–H groups in total. The average Bonchev–Trinajstić information content (AvgIpc) is 3.37. The molecule has 434 valence electrons. The molecule has 3 rings (SSSR count). The number of cyclic esters (lactones) is 1. The smallest absolute Gasteiger partial charge is 0.462 e. The number of nitrogen functional groups attached to an aromatic ring is 1. The minimum atomic E-state index is -5.72. The van der Waals surface area contributed by atoms with E-state index in [1.54, 1.807) is 12.2 Å². The fourth-order valence-electron chi connectivity index (χ4n) is 8.22. The number of esters is 2. The number of hydrogen-bond donors (Lipinski definition) is 8. The van der Waals surface area contributed by atoms with E-state index < -0.39 is 120 Å². The normalized spacial score (nSPS) is 29.5. The summed E-state index contributed by atoms with van der Waals surface area (Å²) in [6.07, 6.45) is 25.3. The van der Waals surface area contributed by atoms with Gasteiger partial charge in [0.15, 0.2) is 6.10 Å². The molecule has 2 aliphatic heterocycles. The van der Waals surface area contributed by atoms with E-state index in [4.69, 9.17) is 29.0 Å². The molecule has 23 heteroatoms. The van der Waals surface area contributed by atoms with Crippen molar-refractivity contribution in [2.24, 2.45) is 11.8 Å². The summed E-state index contributed by atoms with van der Waals surface area (Å²) in [5.41, 5.74) is 4.77. The summed E-state index contributed by atoms with van der Waals surface area (Å²) in [7, 11) is -11.3. The number of fused-ring (bicyclic) bond motifs is 3. The third-order valence-electron chi connectivity index (χ3n) is 12.5. The van der Waals surface area contributed by atoms with Crippen molar-refractivity contribution < 1.29 is 81.6 Å². The molecule has 0 radical (unpaired) electrons. The highest BCUT2D eigenvalue weighted by molar-refractivity contribution is 7.61.